The molecule has 0 fully saturated rings. The van der Waals surface area contributed by atoms with Crippen LogP contribution in [0.4, 0.5) is 0 Å². The fraction of sp³-hybridized carbons (Fsp3) is 0.125. The Morgan fingerprint density at radius 3 is 2.11 bits per heavy atom. The Morgan fingerprint density at radius 2 is 1.54 bits per heavy atom. The number of benzene rings is 3. The van der Waals surface area contributed by atoms with Crippen LogP contribution in [0, 0.1) is 0 Å². The van der Waals surface area contributed by atoms with Crippen LogP contribution in [0.15, 0.2) is 88.1 Å². The predicted octanol–water partition coefficient (Wildman–Crippen LogP) is 5.08. The van der Waals surface area contributed by atoms with Crippen LogP contribution in [0.25, 0.3) is 11.0 Å². The number of aromatic hydroxyl groups is 1. The lowest BCUT2D eigenvalue weighted by molar-refractivity contribution is 0.340. The first kappa shape index (κ1) is 17.9. The van der Waals surface area contributed by atoms with Gasteiger partial charge < -0.3 is 14.3 Å². The van der Waals surface area contributed by atoms with Crippen LogP contribution in [0.5, 0.6) is 11.5 Å². The Balaban J connectivity index is 1.99. The van der Waals surface area contributed by atoms with Gasteiger partial charge in [-0.2, -0.15) is 0 Å². The van der Waals surface area contributed by atoms with Crippen LogP contribution < -0.4 is 10.4 Å². The summed E-state index contributed by atoms with van der Waals surface area (Å²) in [5, 5.41) is 11.6. The largest absolute Gasteiger partial charge is 0.507 e. The third-order valence-electron chi connectivity index (χ3n) is 4.75. The summed E-state index contributed by atoms with van der Waals surface area (Å²) in [5.41, 5.74) is 1.80. The minimum atomic E-state index is -0.549. The van der Waals surface area contributed by atoms with Gasteiger partial charge in [0.2, 0.25) is 0 Å². The van der Waals surface area contributed by atoms with Gasteiger partial charge in [-0.15, -0.1) is 0 Å². The van der Waals surface area contributed by atoms with E-state index in [0.717, 1.165) is 11.1 Å². The Hall–Kier alpha value is -3.53. The summed E-state index contributed by atoms with van der Waals surface area (Å²) in [6.07, 6.45) is 0. The zero-order valence-electron chi connectivity index (χ0n) is 15.5. The second-order valence-electron chi connectivity index (χ2n) is 6.50. The van der Waals surface area contributed by atoms with Gasteiger partial charge in [0.05, 0.1) is 17.6 Å². The molecule has 28 heavy (non-hydrogen) atoms. The third-order valence-corrected chi connectivity index (χ3v) is 4.75. The van der Waals surface area contributed by atoms with E-state index in [9.17, 15) is 9.90 Å². The van der Waals surface area contributed by atoms with E-state index < -0.39 is 11.5 Å². The molecule has 0 aliphatic carbocycles. The molecule has 0 amide bonds. The predicted molar refractivity (Wildman–Crippen MR) is 109 cm³/mol. The van der Waals surface area contributed by atoms with Gasteiger partial charge in [-0.1, -0.05) is 60.7 Å². The zero-order valence-corrected chi connectivity index (χ0v) is 15.5. The smallest absolute Gasteiger partial charge is 0.344 e. The highest BCUT2D eigenvalue weighted by atomic mass is 16.5. The highest BCUT2D eigenvalue weighted by Crippen LogP contribution is 2.39. The second kappa shape index (κ2) is 7.61. The number of rotatable bonds is 5. The Morgan fingerprint density at radius 1 is 0.929 bits per heavy atom. The average molecular weight is 372 g/mol. The van der Waals surface area contributed by atoms with Crippen molar-refractivity contribution in [3.8, 4) is 11.5 Å². The highest BCUT2D eigenvalue weighted by Gasteiger charge is 2.26. The Kier molecular flexibility index (Phi) is 4.85. The van der Waals surface area contributed by atoms with Crippen LogP contribution in [-0.2, 0) is 0 Å². The van der Waals surface area contributed by atoms with Gasteiger partial charge in [0.25, 0.3) is 0 Å². The van der Waals surface area contributed by atoms with E-state index in [1.165, 1.54) is 0 Å². The van der Waals surface area contributed by atoms with Crippen molar-refractivity contribution in [2.45, 2.75) is 12.8 Å². The lowest BCUT2D eigenvalue weighted by atomic mass is 9.85. The topological polar surface area (TPSA) is 59.7 Å². The molecule has 0 bridgehead atoms. The molecular weight excluding hydrogens is 352 g/mol. The van der Waals surface area contributed by atoms with Crippen molar-refractivity contribution in [3.63, 3.8) is 0 Å². The summed E-state index contributed by atoms with van der Waals surface area (Å²) < 4.78 is 11.1. The van der Waals surface area contributed by atoms with Crippen LogP contribution >= 0.6 is 0 Å². The molecule has 0 radical (unpaired) electrons. The monoisotopic (exact) mass is 372 g/mol. The molecule has 0 saturated carbocycles. The van der Waals surface area contributed by atoms with E-state index in [-0.39, 0.29) is 11.3 Å². The van der Waals surface area contributed by atoms with Gasteiger partial charge in [-0.3, -0.25) is 0 Å². The molecule has 4 heteroatoms. The van der Waals surface area contributed by atoms with Crippen molar-refractivity contribution >= 4 is 11.0 Å². The molecule has 0 atom stereocenters. The Bertz CT molecular complexity index is 1110. The first-order valence-corrected chi connectivity index (χ1v) is 9.21. The summed E-state index contributed by atoms with van der Waals surface area (Å²) in [5.74, 6) is 0.0883. The normalized spacial score (nSPS) is 11.1. The summed E-state index contributed by atoms with van der Waals surface area (Å²) in [7, 11) is 0. The molecule has 4 rings (SSSR count). The summed E-state index contributed by atoms with van der Waals surface area (Å²) >= 11 is 0. The summed E-state index contributed by atoms with van der Waals surface area (Å²) in [6, 6.07) is 24.3. The zero-order chi connectivity index (χ0) is 19.5. The molecule has 0 saturated heterocycles. The van der Waals surface area contributed by atoms with Gasteiger partial charge in [0.15, 0.2) is 0 Å². The second-order valence-corrected chi connectivity index (χ2v) is 6.50. The lowest BCUT2D eigenvalue weighted by Crippen LogP contribution is -2.15. The fourth-order valence-corrected chi connectivity index (χ4v) is 3.51. The van der Waals surface area contributed by atoms with E-state index in [0.29, 0.717) is 23.3 Å². The number of fused-ring (bicyclic) bond motifs is 1. The lowest BCUT2D eigenvalue weighted by Gasteiger charge is -2.19. The number of ether oxygens (including phenoxy) is 1. The van der Waals surface area contributed by atoms with Crippen LogP contribution in [0.2, 0.25) is 0 Å². The number of hydrogen-bond acceptors (Lipinski definition) is 4. The van der Waals surface area contributed by atoms with Crippen LogP contribution in [0.1, 0.15) is 29.5 Å². The standard InChI is InChI=1S/C24H20O4/c1-2-27-18-13-14-20-19(15-18)23(25)22(24(26)28-20)21(16-9-5-3-6-10-16)17-11-7-4-8-12-17/h3-15,21,25H,2H2,1H3. The van der Waals surface area contributed by atoms with Crippen LogP contribution in [-0.4, -0.2) is 11.7 Å². The molecule has 4 aromatic rings. The average Bonchev–Trinajstić information content (AvgIpc) is 2.73. The van der Waals surface area contributed by atoms with Crippen LogP contribution in [0.3, 0.4) is 0 Å². The maximum Gasteiger partial charge on any atom is 0.344 e. The highest BCUT2D eigenvalue weighted by molar-refractivity contribution is 5.86. The molecule has 0 aliphatic heterocycles. The SMILES string of the molecule is CCOc1ccc2oc(=O)c(C(c3ccccc3)c3ccccc3)c(O)c2c1. The molecule has 3 aromatic carbocycles. The van der Waals surface area contributed by atoms with Crippen molar-refractivity contribution in [2.24, 2.45) is 0 Å². The molecule has 1 aromatic heterocycles. The van der Waals surface area contributed by atoms with Crippen molar-refractivity contribution in [1.82, 2.24) is 0 Å². The van der Waals surface area contributed by atoms with Crippen molar-refractivity contribution in [3.05, 3.63) is 106 Å². The number of hydrogen-bond donors (Lipinski definition) is 1. The van der Waals surface area contributed by atoms with Crippen molar-refractivity contribution < 1.29 is 14.3 Å². The summed E-state index contributed by atoms with van der Waals surface area (Å²) in [4.78, 5) is 12.9. The van der Waals surface area contributed by atoms with E-state index in [4.69, 9.17) is 9.15 Å². The fourth-order valence-electron chi connectivity index (χ4n) is 3.51. The van der Waals surface area contributed by atoms with Crippen molar-refractivity contribution in [2.75, 3.05) is 6.61 Å². The molecular formula is C24H20O4. The van der Waals surface area contributed by atoms with Gasteiger partial charge in [-0.05, 0) is 36.2 Å². The molecule has 1 N–H and O–H groups in total. The van der Waals surface area contributed by atoms with E-state index in [2.05, 4.69) is 0 Å². The first-order valence-electron chi connectivity index (χ1n) is 9.21. The van der Waals surface area contributed by atoms with Gasteiger partial charge >= 0.3 is 5.63 Å². The van der Waals surface area contributed by atoms with E-state index in [1.807, 2.05) is 67.6 Å². The van der Waals surface area contributed by atoms with Crippen molar-refractivity contribution in [1.29, 1.82) is 0 Å². The maximum absolute atomic E-state index is 12.9. The minimum Gasteiger partial charge on any atom is -0.507 e. The third kappa shape index (κ3) is 3.25. The minimum absolute atomic E-state index is 0.0782. The quantitative estimate of drug-likeness (QED) is 0.497. The molecule has 1 heterocycles. The molecule has 140 valence electrons. The molecule has 4 nitrogen and oxygen atoms in total. The van der Waals surface area contributed by atoms with Gasteiger partial charge in [0.1, 0.15) is 17.1 Å². The van der Waals surface area contributed by atoms with Gasteiger partial charge in [0, 0.05) is 5.92 Å². The first-order chi connectivity index (χ1) is 13.7. The summed E-state index contributed by atoms with van der Waals surface area (Å²) in [6.45, 7) is 2.40. The van der Waals surface area contributed by atoms with Gasteiger partial charge in [-0.25, -0.2) is 4.79 Å². The molecule has 0 unspecified atom stereocenters. The Labute approximate surface area is 162 Å². The van der Waals surface area contributed by atoms with E-state index >= 15 is 0 Å². The maximum atomic E-state index is 12.9. The molecule has 0 spiro atoms. The van der Waals surface area contributed by atoms with E-state index in [1.54, 1.807) is 18.2 Å². The molecule has 0 aliphatic rings.